The lowest BCUT2D eigenvalue weighted by atomic mass is 10.0. The Labute approximate surface area is 107 Å². The van der Waals surface area contributed by atoms with E-state index in [0.717, 1.165) is 5.56 Å². The number of nitrogens with one attached hydrogen (secondary N) is 1. The second kappa shape index (κ2) is 5.98. The quantitative estimate of drug-likeness (QED) is 0.812. The van der Waals surface area contributed by atoms with Crippen LogP contribution >= 0.6 is 11.6 Å². The van der Waals surface area contributed by atoms with E-state index < -0.39 is 0 Å². The van der Waals surface area contributed by atoms with Crippen molar-refractivity contribution in [1.29, 1.82) is 0 Å². The van der Waals surface area contributed by atoms with Crippen LogP contribution in [0.1, 0.15) is 25.8 Å². The lowest BCUT2D eigenvalue weighted by molar-refractivity contribution is -0.116. The highest BCUT2D eigenvalue weighted by molar-refractivity contribution is 6.30. The summed E-state index contributed by atoms with van der Waals surface area (Å²) in [5, 5.41) is 3.20. The lowest BCUT2D eigenvalue weighted by Crippen LogP contribution is -2.31. The van der Waals surface area contributed by atoms with Gasteiger partial charge in [0.1, 0.15) is 5.15 Å². The molecule has 0 fully saturated rings. The van der Waals surface area contributed by atoms with Gasteiger partial charge in [0.2, 0.25) is 5.91 Å². The van der Waals surface area contributed by atoms with Crippen LogP contribution < -0.4 is 11.1 Å². The minimum atomic E-state index is -0.128. The van der Waals surface area contributed by atoms with Crippen molar-refractivity contribution in [2.75, 3.05) is 5.32 Å². The zero-order valence-electron chi connectivity index (χ0n) is 10.3. The molecule has 0 aliphatic heterocycles. The average Bonchev–Trinajstić information content (AvgIpc) is 2.23. The predicted octanol–water partition coefficient (Wildman–Crippen LogP) is 2.36. The van der Waals surface area contributed by atoms with Crippen molar-refractivity contribution >= 4 is 23.2 Å². The summed E-state index contributed by atoms with van der Waals surface area (Å²) in [5.74, 6) is 0.181. The first-order chi connectivity index (χ1) is 7.90. The first-order valence-corrected chi connectivity index (χ1v) is 5.95. The topological polar surface area (TPSA) is 68.0 Å². The van der Waals surface area contributed by atoms with Gasteiger partial charge >= 0.3 is 0 Å². The molecule has 94 valence electrons. The molecule has 4 nitrogen and oxygen atoms in total. The molecule has 0 saturated heterocycles. The summed E-state index contributed by atoms with van der Waals surface area (Å²) >= 11 is 5.80. The first-order valence-electron chi connectivity index (χ1n) is 5.57. The third-order valence-corrected chi connectivity index (χ3v) is 2.97. The maximum Gasteiger partial charge on any atom is 0.225 e. The SMILES string of the molecule is Cc1cc(NC(=O)CC(N)C(C)C)cnc1Cl. The van der Waals surface area contributed by atoms with Gasteiger partial charge in [-0.1, -0.05) is 25.4 Å². The molecule has 1 atom stereocenters. The molecule has 0 aliphatic carbocycles. The Morgan fingerprint density at radius 3 is 2.76 bits per heavy atom. The van der Waals surface area contributed by atoms with Crippen LogP contribution in [0.5, 0.6) is 0 Å². The Morgan fingerprint density at radius 1 is 1.59 bits per heavy atom. The van der Waals surface area contributed by atoms with Crippen LogP contribution in [-0.4, -0.2) is 16.9 Å². The van der Waals surface area contributed by atoms with Crippen molar-refractivity contribution in [3.8, 4) is 0 Å². The molecule has 0 bridgehead atoms. The van der Waals surface area contributed by atoms with Gasteiger partial charge in [-0.05, 0) is 24.5 Å². The summed E-state index contributed by atoms with van der Waals surface area (Å²) < 4.78 is 0. The molecule has 0 saturated carbocycles. The van der Waals surface area contributed by atoms with E-state index in [1.165, 1.54) is 6.20 Å². The lowest BCUT2D eigenvalue weighted by Gasteiger charge is -2.15. The molecular weight excluding hydrogens is 238 g/mol. The van der Waals surface area contributed by atoms with Gasteiger partial charge in [0.25, 0.3) is 0 Å². The highest BCUT2D eigenvalue weighted by atomic mass is 35.5. The molecular formula is C12H18ClN3O. The molecule has 1 heterocycles. The van der Waals surface area contributed by atoms with E-state index in [1.807, 2.05) is 20.8 Å². The Bertz CT molecular complexity index is 407. The van der Waals surface area contributed by atoms with Gasteiger partial charge in [-0.25, -0.2) is 4.98 Å². The largest absolute Gasteiger partial charge is 0.327 e. The van der Waals surface area contributed by atoms with E-state index in [-0.39, 0.29) is 17.9 Å². The third-order valence-electron chi connectivity index (χ3n) is 2.58. The van der Waals surface area contributed by atoms with Crippen LogP contribution in [0.15, 0.2) is 12.3 Å². The van der Waals surface area contributed by atoms with Gasteiger partial charge in [0.15, 0.2) is 0 Å². The molecule has 5 heteroatoms. The van der Waals surface area contributed by atoms with E-state index in [1.54, 1.807) is 6.07 Å². The molecule has 3 N–H and O–H groups in total. The van der Waals surface area contributed by atoms with Crippen LogP contribution in [0.4, 0.5) is 5.69 Å². The van der Waals surface area contributed by atoms with Crippen LogP contribution in [0.3, 0.4) is 0 Å². The summed E-state index contributed by atoms with van der Waals surface area (Å²) in [7, 11) is 0. The number of aromatic nitrogens is 1. The van der Waals surface area contributed by atoms with E-state index in [2.05, 4.69) is 10.3 Å². The molecule has 0 aliphatic rings. The fraction of sp³-hybridized carbons (Fsp3) is 0.500. The second-order valence-electron chi connectivity index (χ2n) is 4.49. The van der Waals surface area contributed by atoms with Crippen LogP contribution in [0.25, 0.3) is 0 Å². The minimum absolute atomic E-state index is 0.102. The predicted molar refractivity (Wildman–Crippen MR) is 70.0 cm³/mol. The average molecular weight is 256 g/mol. The molecule has 1 aromatic heterocycles. The van der Waals surface area contributed by atoms with Crippen molar-refractivity contribution in [2.24, 2.45) is 11.7 Å². The van der Waals surface area contributed by atoms with Gasteiger partial charge in [-0.15, -0.1) is 0 Å². The summed E-state index contributed by atoms with van der Waals surface area (Å²) in [6.07, 6.45) is 1.84. The molecule has 0 radical (unpaired) electrons. The maximum atomic E-state index is 11.7. The fourth-order valence-corrected chi connectivity index (χ4v) is 1.39. The molecule has 1 rings (SSSR count). The number of rotatable bonds is 4. The van der Waals surface area contributed by atoms with E-state index in [9.17, 15) is 4.79 Å². The van der Waals surface area contributed by atoms with Crippen molar-refractivity contribution in [1.82, 2.24) is 4.98 Å². The monoisotopic (exact) mass is 255 g/mol. The third kappa shape index (κ3) is 4.32. The zero-order chi connectivity index (χ0) is 13.0. The first kappa shape index (κ1) is 13.9. The number of hydrogen-bond donors (Lipinski definition) is 2. The smallest absolute Gasteiger partial charge is 0.225 e. The number of hydrogen-bond acceptors (Lipinski definition) is 3. The molecule has 0 spiro atoms. The van der Waals surface area contributed by atoms with Crippen molar-refractivity contribution in [3.63, 3.8) is 0 Å². The number of halogens is 1. The number of nitrogens with two attached hydrogens (primary N) is 1. The van der Waals surface area contributed by atoms with Crippen LogP contribution in [-0.2, 0) is 4.79 Å². The summed E-state index contributed by atoms with van der Waals surface area (Å²) in [6.45, 7) is 5.82. The Kier molecular flexibility index (Phi) is 4.90. The van der Waals surface area contributed by atoms with Crippen LogP contribution in [0, 0.1) is 12.8 Å². The highest BCUT2D eigenvalue weighted by Crippen LogP contribution is 2.16. The van der Waals surface area contributed by atoms with Crippen molar-refractivity contribution in [3.05, 3.63) is 23.0 Å². The van der Waals surface area contributed by atoms with E-state index >= 15 is 0 Å². The van der Waals surface area contributed by atoms with Crippen molar-refractivity contribution < 1.29 is 4.79 Å². The standard InChI is InChI=1S/C12H18ClN3O/c1-7(2)10(14)5-11(17)16-9-4-8(3)12(13)15-6-9/h4,6-7,10H,5,14H2,1-3H3,(H,16,17). The normalized spacial score (nSPS) is 12.6. The number of pyridine rings is 1. The van der Waals surface area contributed by atoms with Crippen LogP contribution in [0.2, 0.25) is 5.15 Å². The number of carbonyl (C=O) groups is 1. The van der Waals surface area contributed by atoms with Gasteiger partial charge in [-0.2, -0.15) is 0 Å². The van der Waals surface area contributed by atoms with E-state index in [0.29, 0.717) is 17.3 Å². The fourth-order valence-electron chi connectivity index (χ4n) is 1.29. The summed E-state index contributed by atoms with van der Waals surface area (Å²) in [5.41, 5.74) is 7.30. The summed E-state index contributed by atoms with van der Waals surface area (Å²) in [4.78, 5) is 15.6. The number of carbonyl (C=O) groups excluding carboxylic acids is 1. The molecule has 1 aromatic rings. The van der Waals surface area contributed by atoms with E-state index in [4.69, 9.17) is 17.3 Å². The Balaban J connectivity index is 2.59. The van der Waals surface area contributed by atoms with Gasteiger partial charge < -0.3 is 11.1 Å². The number of nitrogens with zero attached hydrogens (tertiary/aromatic N) is 1. The zero-order valence-corrected chi connectivity index (χ0v) is 11.1. The number of aryl methyl sites for hydroxylation is 1. The van der Waals surface area contributed by atoms with Gasteiger partial charge in [0, 0.05) is 12.5 Å². The molecule has 17 heavy (non-hydrogen) atoms. The molecule has 1 unspecified atom stereocenters. The molecule has 1 amide bonds. The maximum absolute atomic E-state index is 11.7. The van der Waals surface area contributed by atoms with Gasteiger partial charge in [0.05, 0.1) is 11.9 Å². The molecule has 0 aromatic carbocycles. The second-order valence-corrected chi connectivity index (χ2v) is 4.85. The Morgan fingerprint density at radius 2 is 2.24 bits per heavy atom. The summed E-state index contributed by atoms with van der Waals surface area (Å²) in [6, 6.07) is 1.66. The number of amides is 1. The minimum Gasteiger partial charge on any atom is -0.327 e. The number of anilines is 1. The Hall–Kier alpha value is -1.13. The van der Waals surface area contributed by atoms with Crippen molar-refractivity contribution in [2.45, 2.75) is 33.2 Å². The highest BCUT2D eigenvalue weighted by Gasteiger charge is 2.13. The van der Waals surface area contributed by atoms with Gasteiger partial charge in [-0.3, -0.25) is 4.79 Å².